The summed E-state index contributed by atoms with van der Waals surface area (Å²) in [6.45, 7) is 0.559. The molecule has 7 nitrogen and oxygen atoms in total. The SMILES string of the molecule is COc1ccc(OCCn2cc(N)c(=O)[nH]c2=O)cc1. The lowest BCUT2D eigenvalue weighted by Gasteiger charge is -2.08. The number of methoxy groups -OCH3 is 1. The number of nitrogens with one attached hydrogen (secondary N) is 1. The highest BCUT2D eigenvalue weighted by Crippen LogP contribution is 2.16. The smallest absolute Gasteiger partial charge is 0.328 e. The molecule has 0 bridgehead atoms. The Hall–Kier alpha value is -2.70. The third-order valence-corrected chi connectivity index (χ3v) is 2.70. The predicted molar refractivity (Wildman–Crippen MR) is 74.2 cm³/mol. The molecule has 1 aromatic heterocycles. The largest absolute Gasteiger partial charge is 0.497 e. The van der Waals surface area contributed by atoms with Crippen molar-refractivity contribution in [2.45, 2.75) is 6.54 Å². The fourth-order valence-electron chi connectivity index (χ4n) is 1.63. The van der Waals surface area contributed by atoms with Crippen molar-refractivity contribution < 1.29 is 9.47 Å². The summed E-state index contributed by atoms with van der Waals surface area (Å²) in [5.41, 5.74) is 4.35. The Morgan fingerprint density at radius 1 is 1.20 bits per heavy atom. The number of nitrogen functional groups attached to an aromatic ring is 1. The summed E-state index contributed by atoms with van der Waals surface area (Å²) in [5, 5.41) is 0. The summed E-state index contributed by atoms with van der Waals surface area (Å²) in [4.78, 5) is 24.7. The molecule has 0 radical (unpaired) electrons. The molecule has 0 spiro atoms. The van der Waals surface area contributed by atoms with Crippen LogP contribution in [0.4, 0.5) is 5.69 Å². The van der Waals surface area contributed by atoms with Crippen LogP contribution in [0.1, 0.15) is 0 Å². The molecular weight excluding hydrogens is 262 g/mol. The number of hydrogen-bond donors (Lipinski definition) is 2. The summed E-state index contributed by atoms with van der Waals surface area (Å²) in [5.74, 6) is 1.40. The van der Waals surface area contributed by atoms with E-state index in [0.29, 0.717) is 5.75 Å². The molecule has 0 amide bonds. The molecule has 0 aliphatic heterocycles. The number of rotatable bonds is 5. The number of H-pyrrole nitrogens is 1. The minimum Gasteiger partial charge on any atom is -0.497 e. The van der Waals surface area contributed by atoms with Crippen LogP contribution in [0, 0.1) is 0 Å². The lowest BCUT2D eigenvalue weighted by molar-refractivity contribution is 0.295. The van der Waals surface area contributed by atoms with E-state index in [2.05, 4.69) is 4.98 Å². The molecule has 2 aromatic rings. The van der Waals surface area contributed by atoms with Crippen molar-refractivity contribution in [3.8, 4) is 11.5 Å². The monoisotopic (exact) mass is 277 g/mol. The van der Waals surface area contributed by atoms with Gasteiger partial charge in [0.25, 0.3) is 5.56 Å². The molecule has 1 aromatic carbocycles. The first-order chi connectivity index (χ1) is 9.60. The van der Waals surface area contributed by atoms with E-state index in [9.17, 15) is 9.59 Å². The molecule has 7 heteroatoms. The number of aromatic amines is 1. The third-order valence-electron chi connectivity index (χ3n) is 2.70. The minimum atomic E-state index is -0.581. The highest BCUT2D eigenvalue weighted by atomic mass is 16.5. The van der Waals surface area contributed by atoms with Crippen molar-refractivity contribution in [3.05, 3.63) is 51.3 Å². The standard InChI is InChI=1S/C13H15N3O4/c1-19-9-2-4-10(5-3-9)20-7-6-16-8-11(14)12(17)15-13(16)18/h2-5,8H,6-7,14H2,1H3,(H,15,17,18). The molecule has 0 atom stereocenters. The average molecular weight is 277 g/mol. The van der Waals surface area contributed by atoms with E-state index in [1.54, 1.807) is 31.4 Å². The maximum absolute atomic E-state index is 11.5. The fraction of sp³-hybridized carbons (Fsp3) is 0.231. The first kappa shape index (κ1) is 13.7. The van der Waals surface area contributed by atoms with Crippen LogP contribution < -0.4 is 26.5 Å². The third kappa shape index (κ3) is 3.19. The van der Waals surface area contributed by atoms with Crippen LogP contribution in [0.25, 0.3) is 0 Å². The Bertz CT molecular complexity index is 688. The first-order valence-electron chi connectivity index (χ1n) is 5.96. The van der Waals surface area contributed by atoms with E-state index in [1.165, 1.54) is 10.8 Å². The van der Waals surface area contributed by atoms with Gasteiger partial charge < -0.3 is 15.2 Å². The second kappa shape index (κ2) is 5.96. The number of nitrogens with two attached hydrogens (primary N) is 1. The maximum atomic E-state index is 11.5. The Balaban J connectivity index is 1.97. The minimum absolute atomic E-state index is 0.00551. The van der Waals surface area contributed by atoms with E-state index >= 15 is 0 Å². The lowest BCUT2D eigenvalue weighted by atomic mass is 10.3. The highest BCUT2D eigenvalue weighted by Gasteiger charge is 2.02. The normalized spacial score (nSPS) is 10.2. The molecular formula is C13H15N3O4. The van der Waals surface area contributed by atoms with Crippen molar-refractivity contribution >= 4 is 5.69 Å². The van der Waals surface area contributed by atoms with Crippen LogP contribution in [0.15, 0.2) is 40.1 Å². The van der Waals surface area contributed by atoms with Gasteiger partial charge >= 0.3 is 5.69 Å². The van der Waals surface area contributed by atoms with Crippen LogP contribution in [-0.4, -0.2) is 23.3 Å². The molecule has 3 N–H and O–H groups in total. The zero-order valence-electron chi connectivity index (χ0n) is 11.0. The summed E-state index contributed by atoms with van der Waals surface area (Å²) < 4.78 is 11.8. The molecule has 0 aliphatic carbocycles. The van der Waals surface area contributed by atoms with E-state index in [-0.39, 0.29) is 18.8 Å². The van der Waals surface area contributed by atoms with Crippen molar-refractivity contribution in [1.29, 1.82) is 0 Å². The van der Waals surface area contributed by atoms with Crippen LogP contribution in [0.3, 0.4) is 0 Å². The molecule has 0 saturated heterocycles. The van der Waals surface area contributed by atoms with Gasteiger partial charge in [-0.25, -0.2) is 4.79 Å². The topological polar surface area (TPSA) is 99.3 Å². The Labute approximate surface area is 114 Å². The van der Waals surface area contributed by atoms with Crippen molar-refractivity contribution in [2.24, 2.45) is 0 Å². The lowest BCUT2D eigenvalue weighted by Crippen LogP contribution is -2.32. The van der Waals surface area contributed by atoms with Gasteiger partial charge in [0, 0.05) is 6.20 Å². The van der Waals surface area contributed by atoms with Crippen molar-refractivity contribution in [2.75, 3.05) is 19.5 Å². The fourth-order valence-corrected chi connectivity index (χ4v) is 1.63. The van der Waals surface area contributed by atoms with Gasteiger partial charge in [-0.3, -0.25) is 14.3 Å². The summed E-state index contributed by atoms with van der Waals surface area (Å²) in [6, 6.07) is 7.09. The van der Waals surface area contributed by atoms with Gasteiger partial charge in [-0.2, -0.15) is 0 Å². The summed E-state index contributed by atoms with van der Waals surface area (Å²) in [7, 11) is 1.59. The van der Waals surface area contributed by atoms with E-state index < -0.39 is 11.2 Å². The highest BCUT2D eigenvalue weighted by molar-refractivity contribution is 5.31. The summed E-state index contributed by atoms with van der Waals surface area (Å²) in [6.07, 6.45) is 1.30. The Morgan fingerprint density at radius 2 is 1.85 bits per heavy atom. The molecule has 106 valence electrons. The number of anilines is 1. The quantitative estimate of drug-likeness (QED) is 0.813. The summed E-state index contributed by atoms with van der Waals surface area (Å²) >= 11 is 0. The van der Waals surface area contributed by atoms with E-state index in [1.807, 2.05) is 0 Å². The van der Waals surface area contributed by atoms with Crippen molar-refractivity contribution in [1.82, 2.24) is 9.55 Å². The van der Waals surface area contributed by atoms with Crippen LogP contribution in [0.5, 0.6) is 11.5 Å². The number of benzene rings is 1. The van der Waals surface area contributed by atoms with Crippen LogP contribution >= 0.6 is 0 Å². The molecule has 20 heavy (non-hydrogen) atoms. The number of ether oxygens (including phenoxy) is 2. The van der Waals surface area contributed by atoms with Crippen molar-refractivity contribution in [3.63, 3.8) is 0 Å². The molecule has 0 fully saturated rings. The first-order valence-corrected chi connectivity index (χ1v) is 5.96. The van der Waals surface area contributed by atoms with Crippen LogP contribution in [-0.2, 0) is 6.54 Å². The van der Waals surface area contributed by atoms with Crippen LogP contribution in [0.2, 0.25) is 0 Å². The van der Waals surface area contributed by atoms with E-state index in [4.69, 9.17) is 15.2 Å². The van der Waals surface area contributed by atoms with Gasteiger partial charge in [-0.05, 0) is 24.3 Å². The molecule has 0 unspecified atom stereocenters. The second-order valence-electron chi connectivity index (χ2n) is 4.06. The second-order valence-corrected chi connectivity index (χ2v) is 4.06. The zero-order chi connectivity index (χ0) is 14.5. The zero-order valence-corrected chi connectivity index (χ0v) is 11.0. The molecule has 2 rings (SSSR count). The van der Waals surface area contributed by atoms with E-state index in [0.717, 1.165) is 5.75 Å². The maximum Gasteiger partial charge on any atom is 0.328 e. The number of hydrogen-bond acceptors (Lipinski definition) is 5. The number of nitrogens with zero attached hydrogens (tertiary/aromatic N) is 1. The predicted octanol–water partition coefficient (Wildman–Crippen LogP) is 0.206. The molecule has 0 aliphatic rings. The van der Waals surface area contributed by atoms with Gasteiger partial charge in [0.05, 0.1) is 13.7 Å². The Kier molecular flexibility index (Phi) is 4.09. The average Bonchev–Trinajstić information content (AvgIpc) is 2.45. The molecule has 1 heterocycles. The van der Waals surface area contributed by atoms with Gasteiger partial charge in [-0.15, -0.1) is 0 Å². The molecule has 0 saturated carbocycles. The Morgan fingerprint density at radius 3 is 2.50 bits per heavy atom. The number of aromatic nitrogens is 2. The van der Waals surface area contributed by atoms with Gasteiger partial charge in [0.15, 0.2) is 0 Å². The van der Waals surface area contributed by atoms with Gasteiger partial charge in [0.1, 0.15) is 23.8 Å². The van der Waals surface area contributed by atoms with Gasteiger partial charge in [-0.1, -0.05) is 0 Å². The van der Waals surface area contributed by atoms with Gasteiger partial charge in [0.2, 0.25) is 0 Å².